The van der Waals surface area contributed by atoms with Gasteiger partial charge >= 0.3 is 0 Å². The molecule has 0 aliphatic carbocycles. The Morgan fingerprint density at radius 2 is 1.44 bits per heavy atom. The quantitative estimate of drug-likeness (QED) is 0.751. The fraction of sp³-hybridized carbons (Fsp3) is 0.571. The monoisotopic (exact) mass is 218 g/mol. The van der Waals surface area contributed by atoms with Gasteiger partial charge in [0.25, 0.3) is 0 Å². The highest BCUT2D eigenvalue weighted by atomic mass is 15.4. The molecule has 88 valence electrons. The first-order valence-electron chi connectivity index (χ1n) is 6.09. The summed E-state index contributed by atoms with van der Waals surface area (Å²) in [5.74, 6) is 0. The van der Waals surface area contributed by atoms with Crippen molar-refractivity contribution < 1.29 is 0 Å². The smallest absolute Gasteiger partial charge is 0.0664 e. The summed E-state index contributed by atoms with van der Waals surface area (Å²) in [4.78, 5) is 4.97. The highest BCUT2D eigenvalue weighted by Crippen LogP contribution is 2.25. The molecule has 0 aromatic heterocycles. The standard InChI is InChI=1S/C14H22N2/c1-11-12(2)16(4)14(15(11)3)10-13-8-6-5-7-9-13/h5-9,11-12,14H,10H2,1-4H3. The topological polar surface area (TPSA) is 6.48 Å². The molecule has 0 bridgehead atoms. The zero-order valence-electron chi connectivity index (χ0n) is 10.7. The van der Waals surface area contributed by atoms with Crippen LogP contribution in [0.15, 0.2) is 30.3 Å². The Hall–Kier alpha value is -0.860. The Morgan fingerprint density at radius 1 is 0.938 bits per heavy atom. The van der Waals surface area contributed by atoms with E-state index in [1.807, 2.05) is 0 Å². The van der Waals surface area contributed by atoms with E-state index in [1.54, 1.807) is 0 Å². The third-order valence-electron chi connectivity index (χ3n) is 4.18. The lowest BCUT2D eigenvalue weighted by molar-refractivity contribution is 0.165. The van der Waals surface area contributed by atoms with Crippen molar-refractivity contribution in [2.75, 3.05) is 14.1 Å². The second-order valence-electron chi connectivity index (χ2n) is 4.98. The molecule has 1 aliphatic heterocycles. The first-order chi connectivity index (χ1) is 7.61. The van der Waals surface area contributed by atoms with Crippen molar-refractivity contribution in [1.82, 2.24) is 9.80 Å². The Kier molecular flexibility index (Phi) is 3.31. The van der Waals surface area contributed by atoms with Crippen molar-refractivity contribution in [3.8, 4) is 0 Å². The highest BCUT2D eigenvalue weighted by molar-refractivity contribution is 5.16. The zero-order chi connectivity index (χ0) is 11.7. The van der Waals surface area contributed by atoms with Crippen LogP contribution < -0.4 is 0 Å². The largest absolute Gasteiger partial charge is 0.286 e. The average molecular weight is 218 g/mol. The van der Waals surface area contributed by atoms with E-state index in [-0.39, 0.29) is 0 Å². The normalized spacial score (nSPS) is 32.1. The second kappa shape index (κ2) is 4.56. The molecule has 1 fully saturated rings. The second-order valence-corrected chi connectivity index (χ2v) is 4.98. The molecular weight excluding hydrogens is 196 g/mol. The van der Waals surface area contributed by atoms with Gasteiger partial charge in [0.2, 0.25) is 0 Å². The molecule has 1 aromatic rings. The maximum atomic E-state index is 2.48. The van der Waals surface area contributed by atoms with Crippen LogP contribution in [0.25, 0.3) is 0 Å². The Bertz CT molecular complexity index is 322. The summed E-state index contributed by atoms with van der Waals surface area (Å²) in [5.41, 5.74) is 1.42. The maximum absolute atomic E-state index is 2.48. The van der Waals surface area contributed by atoms with Crippen LogP contribution in [0, 0.1) is 0 Å². The van der Waals surface area contributed by atoms with Crippen LogP contribution in [-0.4, -0.2) is 42.1 Å². The summed E-state index contributed by atoms with van der Waals surface area (Å²) < 4.78 is 0. The molecule has 2 nitrogen and oxygen atoms in total. The molecule has 1 aromatic carbocycles. The minimum atomic E-state index is 0.535. The minimum absolute atomic E-state index is 0.535. The number of benzene rings is 1. The summed E-state index contributed by atoms with van der Waals surface area (Å²) in [6, 6.07) is 12.0. The van der Waals surface area contributed by atoms with E-state index in [0.29, 0.717) is 18.2 Å². The van der Waals surface area contributed by atoms with Crippen LogP contribution in [-0.2, 0) is 6.42 Å². The molecular formula is C14H22N2. The average Bonchev–Trinajstić information content (AvgIpc) is 2.48. The number of hydrogen-bond acceptors (Lipinski definition) is 2. The van der Waals surface area contributed by atoms with Gasteiger partial charge in [0.05, 0.1) is 6.17 Å². The Balaban J connectivity index is 2.11. The zero-order valence-corrected chi connectivity index (χ0v) is 10.7. The van der Waals surface area contributed by atoms with Crippen LogP contribution in [0.4, 0.5) is 0 Å². The van der Waals surface area contributed by atoms with E-state index < -0.39 is 0 Å². The molecule has 1 aliphatic rings. The molecule has 2 heteroatoms. The van der Waals surface area contributed by atoms with Gasteiger partial charge in [-0.2, -0.15) is 0 Å². The first-order valence-corrected chi connectivity index (χ1v) is 6.09. The van der Waals surface area contributed by atoms with Crippen molar-refractivity contribution in [3.63, 3.8) is 0 Å². The van der Waals surface area contributed by atoms with Gasteiger partial charge in [-0.1, -0.05) is 30.3 Å². The van der Waals surface area contributed by atoms with Gasteiger partial charge in [0.15, 0.2) is 0 Å². The fourth-order valence-corrected chi connectivity index (χ4v) is 2.62. The number of hydrogen-bond donors (Lipinski definition) is 0. The minimum Gasteiger partial charge on any atom is -0.286 e. The van der Waals surface area contributed by atoms with E-state index in [1.165, 1.54) is 5.56 Å². The number of nitrogens with zero attached hydrogens (tertiary/aromatic N) is 2. The third-order valence-corrected chi connectivity index (χ3v) is 4.18. The predicted octanol–water partition coefficient (Wildman–Crippen LogP) is 2.21. The maximum Gasteiger partial charge on any atom is 0.0664 e. The van der Waals surface area contributed by atoms with Gasteiger partial charge in [-0.05, 0) is 33.5 Å². The van der Waals surface area contributed by atoms with Gasteiger partial charge in [0.1, 0.15) is 0 Å². The predicted molar refractivity (Wildman–Crippen MR) is 68.4 cm³/mol. The fourth-order valence-electron chi connectivity index (χ4n) is 2.62. The van der Waals surface area contributed by atoms with E-state index in [2.05, 4.69) is 68.1 Å². The van der Waals surface area contributed by atoms with Crippen LogP contribution in [0.3, 0.4) is 0 Å². The van der Waals surface area contributed by atoms with Crippen molar-refractivity contribution in [3.05, 3.63) is 35.9 Å². The van der Waals surface area contributed by atoms with E-state index in [0.717, 1.165) is 6.42 Å². The van der Waals surface area contributed by atoms with Crippen LogP contribution >= 0.6 is 0 Å². The molecule has 1 saturated heterocycles. The van der Waals surface area contributed by atoms with Gasteiger partial charge in [-0.3, -0.25) is 9.80 Å². The summed E-state index contributed by atoms with van der Waals surface area (Å²) in [6.07, 6.45) is 1.65. The van der Waals surface area contributed by atoms with Gasteiger partial charge in [0, 0.05) is 18.5 Å². The highest BCUT2D eigenvalue weighted by Gasteiger charge is 2.37. The van der Waals surface area contributed by atoms with E-state index in [9.17, 15) is 0 Å². The molecule has 0 N–H and O–H groups in total. The van der Waals surface area contributed by atoms with Crippen LogP contribution in [0.2, 0.25) is 0 Å². The summed E-state index contributed by atoms with van der Waals surface area (Å²) in [7, 11) is 4.47. The summed E-state index contributed by atoms with van der Waals surface area (Å²) in [6.45, 7) is 4.62. The summed E-state index contributed by atoms with van der Waals surface area (Å²) >= 11 is 0. The van der Waals surface area contributed by atoms with Crippen molar-refractivity contribution in [1.29, 1.82) is 0 Å². The molecule has 2 unspecified atom stereocenters. The Morgan fingerprint density at radius 3 is 1.94 bits per heavy atom. The van der Waals surface area contributed by atoms with Gasteiger partial charge < -0.3 is 0 Å². The lowest BCUT2D eigenvalue weighted by atomic mass is 10.1. The molecule has 1 heterocycles. The van der Waals surface area contributed by atoms with Crippen molar-refractivity contribution in [2.45, 2.75) is 38.5 Å². The molecule has 0 saturated carbocycles. The summed E-state index contributed by atoms with van der Waals surface area (Å²) in [5, 5.41) is 0. The molecule has 0 spiro atoms. The van der Waals surface area contributed by atoms with Crippen molar-refractivity contribution in [2.24, 2.45) is 0 Å². The SMILES string of the molecule is CC1C(C)N(C)C(Cc2ccccc2)N1C. The number of rotatable bonds is 2. The van der Waals surface area contributed by atoms with E-state index in [4.69, 9.17) is 0 Å². The van der Waals surface area contributed by atoms with Crippen LogP contribution in [0.5, 0.6) is 0 Å². The van der Waals surface area contributed by atoms with Crippen molar-refractivity contribution >= 4 is 0 Å². The van der Waals surface area contributed by atoms with Gasteiger partial charge in [-0.25, -0.2) is 0 Å². The molecule has 16 heavy (non-hydrogen) atoms. The Labute approximate surface area is 98.9 Å². The molecule has 0 amide bonds. The lowest BCUT2D eigenvalue weighted by Crippen LogP contribution is -2.38. The number of likely N-dealkylation sites (N-methyl/N-ethyl adjacent to an activating group) is 2. The molecule has 2 atom stereocenters. The van der Waals surface area contributed by atoms with Gasteiger partial charge in [-0.15, -0.1) is 0 Å². The molecule has 2 rings (SSSR count). The van der Waals surface area contributed by atoms with E-state index >= 15 is 0 Å². The molecule has 0 radical (unpaired) electrons. The third kappa shape index (κ3) is 2.00. The van der Waals surface area contributed by atoms with Crippen LogP contribution in [0.1, 0.15) is 19.4 Å². The first kappa shape index (κ1) is 11.6. The lowest BCUT2D eigenvalue weighted by Gasteiger charge is -2.26.